The second-order valence-corrected chi connectivity index (χ2v) is 6.68. The minimum atomic E-state index is -3.30. The first-order chi connectivity index (χ1) is 8.42. The highest BCUT2D eigenvalue weighted by Crippen LogP contribution is 2.17. The van der Waals surface area contributed by atoms with Gasteiger partial charge in [-0.2, -0.15) is 0 Å². The van der Waals surface area contributed by atoms with Crippen LogP contribution in [0.1, 0.15) is 33.1 Å². The minimum absolute atomic E-state index is 0.133. The molecule has 7 heteroatoms. The van der Waals surface area contributed by atoms with E-state index in [1.807, 2.05) is 6.92 Å². The number of nitrogens with zero attached hydrogens (tertiary/aromatic N) is 1. The van der Waals surface area contributed by atoms with Crippen molar-refractivity contribution in [2.24, 2.45) is 5.73 Å². The van der Waals surface area contributed by atoms with Crippen LogP contribution in [-0.2, 0) is 14.8 Å². The van der Waals surface area contributed by atoms with Gasteiger partial charge in [0.1, 0.15) is 0 Å². The third-order valence-electron chi connectivity index (χ3n) is 3.16. The van der Waals surface area contributed by atoms with Crippen LogP contribution in [-0.4, -0.2) is 50.2 Å². The molecule has 1 saturated heterocycles. The van der Waals surface area contributed by atoms with Gasteiger partial charge in [0.2, 0.25) is 15.9 Å². The van der Waals surface area contributed by atoms with Gasteiger partial charge < -0.3 is 10.6 Å². The zero-order chi connectivity index (χ0) is 13.8. The molecule has 1 rings (SSSR count). The van der Waals surface area contributed by atoms with Crippen LogP contribution in [0.5, 0.6) is 0 Å². The van der Waals surface area contributed by atoms with Gasteiger partial charge in [-0.15, -0.1) is 0 Å². The molecule has 0 spiro atoms. The molecule has 2 unspecified atom stereocenters. The van der Waals surface area contributed by atoms with Gasteiger partial charge in [0.05, 0.1) is 11.3 Å². The molecule has 0 bridgehead atoms. The number of rotatable bonds is 6. The molecule has 1 fully saturated rings. The van der Waals surface area contributed by atoms with Crippen molar-refractivity contribution in [2.75, 3.05) is 19.6 Å². The van der Waals surface area contributed by atoms with Gasteiger partial charge in [-0.05, 0) is 12.8 Å². The molecule has 2 atom stereocenters. The number of nitrogens with one attached hydrogen (secondary N) is 1. The van der Waals surface area contributed by atoms with E-state index < -0.39 is 21.3 Å². The first-order valence-corrected chi connectivity index (χ1v) is 7.99. The lowest BCUT2D eigenvalue weighted by Crippen LogP contribution is -2.44. The van der Waals surface area contributed by atoms with E-state index in [4.69, 9.17) is 5.73 Å². The maximum atomic E-state index is 12.0. The summed E-state index contributed by atoms with van der Waals surface area (Å²) in [6.45, 7) is 4.82. The van der Waals surface area contributed by atoms with E-state index >= 15 is 0 Å². The highest BCUT2D eigenvalue weighted by Gasteiger charge is 2.35. The predicted molar refractivity (Wildman–Crippen MR) is 70.5 cm³/mol. The van der Waals surface area contributed by atoms with E-state index in [1.54, 1.807) is 11.8 Å². The Morgan fingerprint density at radius 2 is 2.17 bits per heavy atom. The Bertz CT molecular complexity index is 383. The molecular weight excluding hydrogens is 254 g/mol. The fraction of sp³-hybridized carbons (Fsp3) is 0.909. The molecule has 0 aliphatic carbocycles. The van der Waals surface area contributed by atoms with Crippen LogP contribution in [0.15, 0.2) is 0 Å². The van der Waals surface area contributed by atoms with Gasteiger partial charge in [-0.1, -0.05) is 20.3 Å². The normalized spacial score (nSPS) is 22.2. The smallest absolute Gasteiger partial charge is 0.239 e. The lowest BCUT2D eigenvalue weighted by molar-refractivity contribution is -0.131. The summed E-state index contributed by atoms with van der Waals surface area (Å²) in [4.78, 5) is 13.5. The first-order valence-electron chi connectivity index (χ1n) is 6.45. The molecule has 106 valence electrons. The van der Waals surface area contributed by atoms with Gasteiger partial charge in [-0.25, -0.2) is 13.1 Å². The zero-order valence-corrected chi connectivity index (χ0v) is 11.9. The van der Waals surface area contributed by atoms with Crippen LogP contribution in [0.3, 0.4) is 0 Å². The van der Waals surface area contributed by atoms with E-state index in [9.17, 15) is 13.2 Å². The number of hydrogen-bond acceptors (Lipinski definition) is 4. The van der Waals surface area contributed by atoms with Gasteiger partial charge in [0, 0.05) is 19.6 Å². The number of hydrogen-bond donors (Lipinski definition) is 2. The number of likely N-dealkylation sites (tertiary alicyclic amines) is 1. The summed E-state index contributed by atoms with van der Waals surface area (Å²) >= 11 is 0. The van der Waals surface area contributed by atoms with Crippen molar-refractivity contribution in [2.45, 2.75) is 44.4 Å². The van der Waals surface area contributed by atoms with Crippen molar-refractivity contribution in [1.82, 2.24) is 9.62 Å². The molecule has 0 radical (unpaired) electrons. The highest BCUT2D eigenvalue weighted by atomic mass is 32.2. The Balaban J connectivity index is 2.58. The number of carbonyl (C=O) groups excluding carboxylic acids is 1. The minimum Gasteiger partial charge on any atom is -0.340 e. The van der Waals surface area contributed by atoms with Gasteiger partial charge in [0.15, 0.2) is 0 Å². The fourth-order valence-electron chi connectivity index (χ4n) is 2.17. The summed E-state index contributed by atoms with van der Waals surface area (Å²) in [7, 11) is -3.30. The molecule has 0 saturated carbocycles. The van der Waals surface area contributed by atoms with Crippen molar-refractivity contribution in [3.05, 3.63) is 0 Å². The standard InChI is InChI=1S/C11H23N3O3S/c1-3-5-10(12)11(15)14-7-6-9(8-14)18(16,17)13-4-2/h9-10,13H,3-8,12H2,1-2H3. The third-order valence-corrected chi connectivity index (χ3v) is 5.11. The molecule has 1 aliphatic rings. The molecule has 1 amide bonds. The van der Waals surface area contributed by atoms with E-state index in [2.05, 4.69) is 4.72 Å². The van der Waals surface area contributed by atoms with Gasteiger partial charge in [0.25, 0.3) is 0 Å². The SMILES string of the molecule is CCCC(N)C(=O)N1CCC(S(=O)(=O)NCC)C1. The molecule has 1 aliphatic heterocycles. The topological polar surface area (TPSA) is 92.5 Å². The summed E-state index contributed by atoms with van der Waals surface area (Å²) in [5, 5.41) is -0.504. The summed E-state index contributed by atoms with van der Waals surface area (Å²) in [5.41, 5.74) is 5.76. The van der Waals surface area contributed by atoms with Crippen LogP contribution in [0, 0.1) is 0 Å². The Morgan fingerprint density at radius 1 is 1.50 bits per heavy atom. The van der Waals surface area contributed by atoms with Crippen molar-refractivity contribution >= 4 is 15.9 Å². The van der Waals surface area contributed by atoms with Crippen LogP contribution in [0.25, 0.3) is 0 Å². The molecule has 3 N–H and O–H groups in total. The maximum Gasteiger partial charge on any atom is 0.239 e. The molecule has 18 heavy (non-hydrogen) atoms. The van der Waals surface area contributed by atoms with Crippen LogP contribution in [0.2, 0.25) is 0 Å². The summed E-state index contributed by atoms with van der Waals surface area (Å²) < 4.78 is 26.1. The Hall–Kier alpha value is -0.660. The van der Waals surface area contributed by atoms with Crippen molar-refractivity contribution in [3.63, 3.8) is 0 Å². The fourth-order valence-corrected chi connectivity index (χ4v) is 3.60. The monoisotopic (exact) mass is 277 g/mol. The van der Waals surface area contributed by atoms with E-state index in [1.165, 1.54) is 0 Å². The van der Waals surface area contributed by atoms with Crippen molar-refractivity contribution in [3.8, 4) is 0 Å². The molecule has 1 heterocycles. The Morgan fingerprint density at radius 3 is 2.72 bits per heavy atom. The number of carbonyl (C=O) groups is 1. The molecule has 0 aromatic heterocycles. The maximum absolute atomic E-state index is 12.0. The van der Waals surface area contributed by atoms with E-state index in [-0.39, 0.29) is 12.5 Å². The quantitative estimate of drug-likeness (QED) is 0.694. The Kier molecular flexibility index (Phi) is 5.55. The second-order valence-electron chi connectivity index (χ2n) is 4.63. The lowest BCUT2D eigenvalue weighted by Gasteiger charge is -2.20. The first kappa shape index (κ1) is 15.4. The highest BCUT2D eigenvalue weighted by molar-refractivity contribution is 7.90. The molecule has 0 aromatic rings. The number of sulfonamides is 1. The van der Waals surface area contributed by atoms with Crippen molar-refractivity contribution < 1.29 is 13.2 Å². The van der Waals surface area contributed by atoms with Crippen LogP contribution in [0.4, 0.5) is 0 Å². The Labute approximate surface area is 109 Å². The lowest BCUT2D eigenvalue weighted by atomic mass is 10.1. The molecule has 0 aromatic carbocycles. The largest absolute Gasteiger partial charge is 0.340 e. The summed E-state index contributed by atoms with van der Waals surface area (Å²) in [5.74, 6) is -0.133. The van der Waals surface area contributed by atoms with E-state index in [0.717, 1.165) is 6.42 Å². The second kappa shape index (κ2) is 6.49. The average molecular weight is 277 g/mol. The van der Waals surface area contributed by atoms with Gasteiger partial charge >= 0.3 is 0 Å². The predicted octanol–water partition coefficient (Wildman–Crippen LogP) is -0.346. The molecular formula is C11H23N3O3S. The summed E-state index contributed by atoms with van der Waals surface area (Å²) in [6, 6.07) is -0.504. The van der Waals surface area contributed by atoms with E-state index in [0.29, 0.717) is 25.9 Å². The number of nitrogens with two attached hydrogens (primary N) is 1. The van der Waals surface area contributed by atoms with Gasteiger partial charge in [-0.3, -0.25) is 4.79 Å². The number of amides is 1. The zero-order valence-electron chi connectivity index (χ0n) is 11.1. The molecule has 6 nitrogen and oxygen atoms in total. The third kappa shape index (κ3) is 3.66. The summed E-state index contributed by atoms with van der Waals surface area (Å²) in [6.07, 6.45) is 1.97. The van der Waals surface area contributed by atoms with Crippen LogP contribution >= 0.6 is 0 Å². The van der Waals surface area contributed by atoms with Crippen LogP contribution < -0.4 is 10.5 Å². The average Bonchev–Trinajstić information content (AvgIpc) is 2.78. The van der Waals surface area contributed by atoms with Crippen molar-refractivity contribution in [1.29, 1.82) is 0 Å².